The summed E-state index contributed by atoms with van der Waals surface area (Å²) in [5, 5.41) is 8.98. The Labute approximate surface area is 76.7 Å². The number of phenols is 1. The third kappa shape index (κ3) is 3.07. The minimum absolute atomic E-state index is 0.223. The van der Waals surface area contributed by atoms with Gasteiger partial charge >= 0.3 is 0 Å². The molecule has 1 aromatic carbocycles. The summed E-state index contributed by atoms with van der Waals surface area (Å²) in [6, 6.07) is 6.31. The smallest absolute Gasteiger partial charge is 0.144 e. The number of hydrogen-bond donors (Lipinski definition) is 1. The van der Waals surface area contributed by atoms with Gasteiger partial charge in [-0.15, -0.1) is 0 Å². The van der Waals surface area contributed by atoms with Crippen molar-refractivity contribution in [3.63, 3.8) is 0 Å². The van der Waals surface area contributed by atoms with Gasteiger partial charge in [0, 0.05) is 6.21 Å². The predicted octanol–water partition coefficient (Wildman–Crippen LogP) is 1.40. The summed E-state index contributed by atoms with van der Waals surface area (Å²) >= 11 is 0. The van der Waals surface area contributed by atoms with Gasteiger partial charge in [-0.2, -0.15) is 0 Å². The number of carbonyl (C=O) groups is 1. The summed E-state index contributed by atoms with van der Waals surface area (Å²) in [6.45, 7) is 1.71. The molecule has 1 unspecified atom stereocenters. The number of carbonyl (C=O) groups excluding carboxylic acids is 1. The lowest BCUT2D eigenvalue weighted by Gasteiger charge is -1.95. The van der Waals surface area contributed by atoms with Gasteiger partial charge in [0.2, 0.25) is 0 Å². The summed E-state index contributed by atoms with van der Waals surface area (Å²) in [5.74, 6) is 0.223. The molecule has 13 heavy (non-hydrogen) atoms. The average molecular weight is 177 g/mol. The van der Waals surface area contributed by atoms with Crippen LogP contribution >= 0.6 is 0 Å². The molecule has 0 heterocycles. The molecule has 1 N–H and O–H groups in total. The third-order valence-electron chi connectivity index (χ3n) is 1.55. The number of aromatic hydroxyl groups is 1. The largest absolute Gasteiger partial charge is 0.508 e. The lowest BCUT2D eigenvalue weighted by molar-refractivity contribution is -0.108. The number of nitrogens with zero attached hydrogens (tertiary/aromatic N) is 1. The van der Waals surface area contributed by atoms with E-state index < -0.39 is 0 Å². The first kappa shape index (κ1) is 9.45. The van der Waals surface area contributed by atoms with Crippen molar-refractivity contribution in [1.29, 1.82) is 0 Å². The highest BCUT2D eigenvalue weighted by molar-refractivity contribution is 5.81. The number of hydrogen-bond acceptors (Lipinski definition) is 3. The van der Waals surface area contributed by atoms with Crippen molar-refractivity contribution in [2.45, 2.75) is 13.0 Å². The maximum absolute atomic E-state index is 10.2. The Morgan fingerprint density at radius 2 is 2.00 bits per heavy atom. The SMILES string of the molecule is CC(C=O)/N=C\c1ccc(O)cc1. The number of aldehydes is 1. The maximum Gasteiger partial charge on any atom is 0.144 e. The van der Waals surface area contributed by atoms with E-state index in [-0.39, 0.29) is 11.8 Å². The zero-order chi connectivity index (χ0) is 9.68. The van der Waals surface area contributed by atoms with Crippen molar-refractivity contribution >= 4 is 12.5 Å². The van der Waals surface area contributed by atoms with Crippen LogP contribution in [0.5, 0.6) is 5.75 Å². The van der Waals surface area contributed by atoms with Crippen molar-refractivity contribution < 1.29 is 9.90 Å². The lowest BCUT2D eigenvalue weighted by atomic mass is 10.2. The second kappa shape index (κ2) is 4.40. The van der Waals surface area contributed by atoms with Crippen molar-refractivity contribution in [3.05, 3.63) is 29.8 Å². The molecule has 1 atom stereocenters. The molecule has 0 aliphatic carbocycles. The summed E-state index contributed by atoms with van der Waals surface area (Å²) in [6.07, 6.45) is 2.38. The highest BCUT2D eigenvalue weighted by atomic mass is 16.3. The summed E-state index contributed by atoms with van der Waals surface area (Å²) in [5.41, 5.74) is 0.867. The molecule has 0 saturated heterocycles. The molecule has 0 aliphatic heterocycles. The van der Waals surface area contributed by atoms with Gasteiger partial charge in [-0.3, -0.25) is 4.99 Å². The minimum atomic E-state index is -0.311. The normalized spacial score (nSPS) is 13.0. The molecule has 1 aromatic rings. The minimum Gasteiger partial charge on any atom is -0.508 e. The molecule has 0 saturated carbocycles. The second-order valence-corrected chi connectivity index (χ2v) is 2.75. The van der Waals surface area contributed by atoms with Crippen LogP contribution < -0.4 is 0 Å². The molecule has 0 aliphatic rings. The zero-order valence-corrected chi connectivity index (χ0v) is 7.34. The number of aliphatic imine (C=N–C) groups is 1. The van der Waals surface area contributed by atoms with Gasteiger partial charge in [0.1, 0.15) is 18.1 Å². The standard InChI is InChI=1S/C10H11NO2/c1-8(7-12)11-6-9-2-4-10(13)5-3-9/h2-8,13H,1H3/b11-6-. The molecule has 0 radical (unpaired) electrons. The molecule has 0 amide bonds. The molecule has 0 spiro atoms. The molecular weight excluding hydrogens is 166 g/mol. The Bertz CT molecular complexity index is 303. The van der Waals surface area contributed by atoms with Crippen LogP contribution in [0.3, 0.4) is 0 Å². The van der Waals surface area contributed by atoms with Crippen molar-refractivity contribution in [1.82, 2.24) is 0 Å². The molecule has 0 aromatic heterocycles. The van der Waals surface area contributed by atoms with Crippen LogP contribution in [0.1, 0.15) is 12.5 Å². The van der Waals surface area contributed by atoms with Gasteiger partial charge < -0.3 is 9.90 Å². The van der Waals surface area contributed by atoms with E-state index in [2.05, 4.69) is 4.99 Å². The van der Waals surface area contributed by atoms with E-state index in [1.54, 1.807) is 37.4 Å². The van der Waals surface area contributed by atoms with Crippen molar-refractivity contribution in [3.8, 4) is 5.75 Å². The van der Waals surface area contributed by atoms with Crippen LogP contribution in [-0.4, -0.2) is 23.6 Å². The van der Waals surface area contributed by atoms with Crippen LogP contribution in [0.4, 0.5) is 0 Å². The Balaban J connectivity index is 2.69. The molecule has 0 fully saturated rings. The van der Waals surface area contributed by atoms with Crippen LogP contribution in [-0.2, 0) is 4.79 Å². The third-order valence-corrected chi connectivity index (χ3v) is 1.55. The average Bonchev–Trinajstić information content (AvgIpc) is 2.16. The van der Waals surface area contributed by atoms with Gasteiger partial charge in [0.15, 0.2) is 0 Å². The fourth-order valence-electron chi connectivity index (χ4n) is 0.799. The highest BCUT2D eigenvalue weighted by Gasteiger charge is 1.92. The first-order valence-corrected chi connectivity index (χ1v) is 4.00. The van der Waals surface area contributed by atoms with E-state index >= 15 is 0 Å². The molecule has 1 rings (SSSR count). The van der Waals surface area contributed by atoms with Gasteiger partial charge in [-0.25, -0.2) is 0 Å². The number of benzene rings is 1. The number of phenolic OH excluding ortho intramolecular Hbond substituents is 1. The van der Waals surface area contributed by atoms with Crippen LogP contribution in [0, 0.1) is 0 Å². The van der Waals surface area contributed by atoms with Gasteiger partial charge in [0.25, 0.3) is 0 Å². The lowest BCUT2D eigenvalue weighted by Crippen LogP contribution is -1.98. The first-order chi connectivity index (χ1) is 6.22. The van der Waals surface area contributed by atoms with Crippen molar-refractivity contribution in [2.75, 3.05) is 0 Å². The van der Waals surface area contributed by atoms with Crippen LogP contribution in [0.25, 0.3) is 0 Å². The van der Waals surface area contributed by atoms with E-state index in [0.717, 1.165) is 11.8 Å². The topological polar surface area (TPSA) is 49.7 Å². The van der Waals surface area contributed by atoms with Crippen LogP contribution in [0.15, 0.2) is 29.3 Å². The van der Waals surface area contributed by atoms with Gasteiger partial charge in [-0.05, 0) is 36.8 Å². The Kier molecular flexibility index (Phi) is 3.20. The zero-order valence-electron chi connectivity index (χ0n) is 7.34. The Morgan fingerprint density at radius 3 is 2.54 bits per heavy atom. The Morgan fingerprint density at radius 1 is 1.38 bits per heavy atom. The molecule has 0 bridgehead atoms. The fraction of sp³-hybridized carbons (Fsp3) is 0.200. The van der Waals surface area contributed by atoms with E-state index in [1.807, 2.05) is 0 Å². The summed E-state index contributed by atoms with van der Waals surface area (Å²) in [4.78, 5) is 14.2. The number of rotatable bonds is 3. The second-order valence-electron chi connectivity index (χ2n) is 2.75. The first-order valence-electron chi connectivity index (χ1n) is 4.00. The van der Waals surface area contributed by atoms with Gasteiger partial charge in [-0.1, -0.05) is 0 Å². The maximum atomic E-state index is 10.2. The summed E-state index contributed by atoms with van der Waals surface area (Å²) in [7, 11) is 0. The highest BCUT2D eigenvalue weighted by Crippen LogP contribution is 2.07. The van der Waals surface area contributed by atoms with Crippen molar-refractivity contribution in [2.24, 2.45) is 4.99 Å². The summed E-state index contributed by atoms with van der Waals surface area (Å²) < 4.78 is 0. The molecule has 3 nitrogen and oxygen atoms in total. The van der Waals surface area contributed by atoms with E-state index in [9.17, 15) is 4.79 Å². The predicted molar refractivity (Wildman–Crippen MR) is 51.2 cm³/mol. The van der Waals surface area contributed by atoms with Gasteiger partial charge in [0.05, 0.1) is 0 Å². The van der Waals surface area contributed by atoms with E-state index in [4.69, 9.17) is 5.11 Å². The van der Waals surface area contributed by atoms with E-state index in [0.29, 0.717) is 0 Å². The fourth-order valence-corrected chi connectivity index (χ4v) is 0.799. The molecule has 68 valence electrons. The monoisotopic (exact) mass is 177 g/mol. The van der Waals surface area contributed by atoms with Crippen LogP contribution in [0.2, 0.25) is 0 Å². The molecular formula is C10H11NO2. The quantitative estimate of drug-likeness (QED) is 0.560. The Hall–Kier alpha value is -1.64. The van der Waals surface area contributed by atoms with E-state index in [1.165, 1.54) is 0 Å². The molecule has 3 heteroatoms.